The fraction of sp³-hybridized carbons (Fsp3) is 0.300. The Morgan fingerprint density at radius 2 is 2.11 bits per heavy atom. The van der Waals surface area contributed by atoms with Crippen molar-refractivity contribution >= 4 is 28.9 Å². The molecular formula is C10H10ClF3N4. The number of anilines is 2. The number of nitrogens with one attached hydrogen (secondary N) is 2. The second kappa shape index (κ2) is 4.56. The number of alkyl halides is 3. The fourth-order valence-electron chi connectivity index (χ4n) is 1.49. The van der Waals surface area contributed by atoms with Crippen molar-refractivity contribution in [3.63, 3.8) is 0 Å². The lowest BCUT2D eigenvalue weighted by Crippen LogP contribution is -2.26. The van der Waals surface area contributed by atoms with Crippen molar-refractivity contribution in [2.45, 2.75) is 6.18 Å². The molecule has 0 radical (unpaired) electrons. The monoisotopic (exact) mass is 278 g/mol. The minimum atomic E-state index is -4.47. The molecule has 0 saturated carbocycles. The van der Waals surface area contributed by atoms with Crippen molar-refractivity contribution in [3.8, 4) is 0 Å². The summed E-state index contributed by atoms with van der Waals surface area (Å²) in [5.74, 6) is 0.386. The highest BCUT2D eigenvalue weighted by Gasteiger charge is 2.32. The van der Waals surface area contributed by atoms with E-state index in [1.807, 2.05) is 0 Å². The zero-order valence-corrected chi connectivity index (χ0v) is 9.86. The second-order valence-electron chi connectivity index (χ2n) is 3.70. The van der Waals surface area contributed by atoms with Crippen LogP contribution in [-0.4, -0.2) is 19.0 Å². The molecule has 0 saturated heterocycles. The smallest absolute Gasteiger partial charge is 0.396 e. The molecule has 1 aromatic carbocycles. The van der Waals surface area contributed by atoms with E-state index in [0.717, 1.165) is 12.1 Å². The summed E-state index contributed by atoms with van der Waals surface area (Å²) >= 11 is 5.69. The predicted octanol–water partition coefficient (Wildman–Crippen LogP) is 2.31. The quantitative estimate of drug-likeness (QED) is 0.691. The van der Waals surface area contributed by atoms with Crippen LogP contribution in [0.3, 0.4) is 0 Å². The summed E-state index contributed by atoms with van der Waals surface area (Å²) in [6, 6.07) is 1.70. The molecule has 0 spiro atoms. The molecule has 0 atom stereocenters. The number of aliphatic imine (C=N–C) groups is 1. The van der Waals surface area contributed by atoms with Crippen LogP contribution in [0.1, 0.15) is 5.56 Å². The van der Waals surface area contributed by atoms with Crippen LogP contribution >= 0.6 is 11.6 Å². The van der Waals surface area contributed by atoms with Gasteiger partial charge in [-0.05, 0) is 12.1 Å². The predicted molar refractivity (Wildman–Crippen MR) is 64.8 cm³/mol. The van der Waals surface area contributed by atoms with Gasteiger partial charge in [-0.25, -0.2) is 0 Å². The molecule has 1 aliphatic rings. The standard InChI is InChI=1S/C10H10ClF3N4/c11-6-3-5(10(12,13)14)4-7(8(6)15)18-9-16-1-2-17-9/h3-4H,1-2,15H2,(H2,16,17,18). The number of hydrogen-bond donors (Lipinski definition) is 3. The molecule has 0 bridgehead atoms. The summed E-state index contributed by atoms with van der Waals surface area (Å²) in [7, 11) is 0. The summed E-state index contributed by atoms with van der Waals surface area (Å²) in [5.41, 5.74) is 4.91. The molecule has 2 rings (SSSR count). The SMILES string of the molecule is Nc1c(Cl)cc(C(F)(F)F)cc1NC1=NCCN1. The van der Waals surface area contributed by atoms with Gasteiger partial charge in [0, 0.05) is 6.54 Å². The summed E-state index contributed by atoms with van der Waals surface area (Å²) in [5, 5.41) is 5.41. The van der Waals surface area contributed by atoms with Gasteiger partial charge < -0.3 is 16.4 Å². The van der Waals surface area contributed by atoms with Crippen LogP contribution in [0.5, 0.6) is 0 Å². The molecule has 1 aromatic rings. The second-order valence-corrected chi connectivity index (χ2v) is 4.11. The Balaban J connectivity index is 2.36. The van der Waals surface area contributed by atoms with Gasteiger partial charge in [0.25, 0.3) is 0 Å². The number of halogens is 4. The molecule has 0 amide bonds. The van der Waals surface area contributed by atoms with Crippen molar-refractivity contribution < 1.29 is 13.2 Å². The van der Waals surface area contributed by atoms with Gasteiger partial charge in [0.05, 0.1) is 28.5 Å². The Hall–Kier alpha value is -1.63. The van der Waals surface area contributed by atoms with Crippen LogP contribution in [0.4, 0.5) is 24.5 Å². The van der Waals surface area contributed by atoms with Crippen LogP contribution in [0, 0.1) is 0 Å². The van der Waals surface area contributed by atoms with Gasteiger partial charge in [-0.1, -0.05) is 11.6 Å². The Morgan fingerprint density at radius 1 is 1.39 bits per heavy atom. The highest BCUT2D eigenvalue weighted by Crippen LogP contribution is 2.37. The molecule has 0 unspecified atom stereocenters. The van der Waals surface area contributed by atoms with E-state index in [9.17, 15) is 13.2 Å². The topological polar surface area (TPSA) is 62.4 Å². The number of nitrogens with two attached hydrogens (primary N) is 1. The number of guanidine groups is 1. The average Bonchev–Trinajstić information content (AvgIpc) is 2.75. The van der Waals surface area contributed by atoms with E-state index in [2.05, 4.69) is 15.6 Å². The summed E-state index contributed by atoms with van der Waals surface area (Å²) in [4.78, 5) is 4.01. The van der Waals surface area contributed by atoms with Crippen molar-refractivity contribution in [3.05, 3.63) is 22.7 Å². The normalized spacial score (nSPS) is 15.2. The van der Waals surface area contributed by atoms with Crippen LogP contribution in [0.2, 0.25) is 5.02 Å². The zero-order valence-electron chi connectivity index (χ0n) is 9.11. The van der Waals surface area contributed by atoms with Gasteiger partial charge in [-0.3, -0.25) is 4.99 Å². The summed E-state index contributed by atoms with van der Waals surface area (Å²) in [6.07, 6.45) is -4.47. The Kier molecular flexibility index (Phi) is 3.25. The maximum Gasteiger partial charge on any atom is 0.416 e. The Labute approximate surface area is 106 Å². The first kappa shape index (κ1) is 12.8. The molecule has 98 valence electrons. The Morgan fingerprint density at radius 3 is 2.67 bits per heavy atom. The molecule has 1 aliphatic heterocycles. The van der Waals surface area contributed by atoms with Crippen molar-refractivity contribution in [2.75, 3.05) is 24.1 Å². The van der Waals surface area contributed by atoms with Crippen molar-refractivity contribution in [2.24, 2.45) is 4.99 Å². The average molecular weight is 279 g/mol. The number of nitrogen functional groups attached to an aromatic ring is 1. The van der Waals surface area contributed by atoms with Gasteiger partial charge in [0.1, 0.15) is 0 Å². The third-order valence-electron chi connectivity index (χ3n) is 2.38. The molecule has 4 N–H and O–H groups in total. The first-order valence-corrected chi connectivity index (χ1v) is 5.47. The minimum Gasteiger partial charge on any atom is -0.396 e. The molecular weight excluding hydrogens is 269 g/mol. The number of rotatable bonds is 1. The molecule has 18 heavy (non-hydrogen) atoms. The zero-order chi connectivity index (χ0) is 13.3. The maximum absolute atomic E-state index is 12.6. The molecule has 8 heteroatoms. The van der Waals surface area contributed by atoms with Gasteiger partial charge in [0.2, 0.25) is 0 Å². The van der Waals surface area contributed by atoms with Gasteiger partial charge in [0.15, 0.2) is 5.96 Å². The minimum absolute atomic E-state index is 0.0565. The highest BCUT2D eigenvalue weighted by molar-refractivity contribution is 6.34. The van der Waals surface area contributed by atoms with E-state index in [1.165, 1.54) is 0 Å². The Bertz CT molecular complexity index is 499. The van der Waals surface area contributed by atoms with E-state index in [-0.39, 0.29) is 16.4 Å². The fourth-order valence-corrected chi connectivity index (χ4v) is 1.71. The van der Waals surface area contributed by atoms with Gasteiger partial charge >= 0.3 is 6.18 Å². The van der Waals surface area contributed by atoms with E-state index in [4.69, 9.17) is 17.3 Å². The van der Waals surface area contributed by atoms with Crippen LogP contribution in [-0.2, 0) is 6.18 Å². The number of nitrogens with zero attached hydrogens (tertiary/aromatic N) is 1. The number of benzene rings is 1. The van der Waals surface area contributed by atoms with Crippen LogP contribution in [0.25, 0.3) is 0 Å². The first-order chi connectivity index (χ1) is 8.38. The third-order valence-corrected chi connectivity index (χ3v) is 2.70. The van der Waals surface area contributed by atoms with E-state index >= 15 is 0 Å². The van der Waals surface area contributed by atoms with E-state index in [1.54, 1.807) is 0 Å². The first-order valence-electron chi connectivity index (χ1n) is 5.09. The van der Waals surface area contributed by atoms with Crippen molar-refractivity contribution in [1.29, 1.82) is 0 Å². The molecule has 0 fully saturated rings. The lowest BCUT2D eigenvalue weighted by atomic mass is 10.1. The summed E-state index contributed by atoms with van der Waals surface area (Å²) < 4.78 is 37.9. The molecule has 0 aromatic heterocycles. The lowest BCUT2D eigenvalue weighted by Gasteiger charge is -2.14. The van der Waals surface area contributed by atoms with Crippen LogP contribution < -0.4 is 16.4 Å². The van der Waals surface area contributed by atoms with E-state index < -0.39 is 11.7 Å². The van der Waals surface area contributed by atoms with Crippen LogP contribution in [0.15, 0.2) is 17.1 Å². The third kappa shape index (κ3) is 2.61. The summed E-state index contributed by atoms with van der Waals surface area (Å²) in [6.45, 7) is 1.20. The maximum atomic E-state index is 12.6. The lowest BCUT2D eigenvalue weighted by molar-refractivity contribution is -0.137. The molecule has 4 nitrogen and oxygen atoms in total. The largest absolute Gasteiger partial charge is 0.416 e. The van der Waals surface area contributed by atoms with Gasteiger partial charge in [-0.15, -0.1) is 0 Å². The highest BCUT2D eigenvalue weighted by atomic mass is 35.5. The number of hydrogen-bond acceptors (Lipinski definition) is 4. The molecule has 1 heterocycles. The van der Waals surface area contributed by atoms with Crippen molar-refractivity contribution in [1.82, 2.24) is 5.32 Å². The molecule has 0 aliphatic carbocycles. The van der Waals surface area contributed by atoms with Gasteiger partial charge in [-0.2, -0.15) is 13.2 Å². The van der Waals surface area contributed by atoms with E-state index in [0.29, 0.717) is 19.0 Å².